The van der Waals surface area contributed by atoms with E-state index >= 15 is 0 Å². The lowest BCUT2D eigenvalue weighted by Crippen LogP contribution is -1.76. The topological polar surface area (TPSA) is 20.2 Å². The number of benzene rings is 1. The highest BCUT2D eigenvalue weighted by molar-refractivity contribution is 14.1. The minimum absolute atomic E-state index is 0.263. The van der Waals surface area contributed by atoms with E-state index in [0.29, 0.717) is 0 Å². The first-order chi connectivity index (χ1) is 4.61. The number of hydrogen-bond acceptors (Lipinski definition) is 1. The van der Waals surface area contributed by atoms with Crippen molar-refractivity contribution >= 4 is 54.5 Å². The molecule has 10 heavy (non-hydrogen) atoms. The molecule has 0 spiro atoms. The first-order valence-corrected chi connectivity index (χ1v) is 5.11. The summed E-state index contributed by atoms with van der Waals surface area (Å²) < 4.78 is 2.87. The van der Waals surface area contributed by atoms with Gasteiger partial charge < -0.3 is 5.11 Å². The molecule has 0 fully saturated rings. The fourth-order valence-corrected chi connectivity index (χ4v) is 2.02. The van der Waals surface area contributed by atoms with Crippen LogP contribution in [0.5, 0.6) is 5.75 Å². The maximum absolute atomic E-state index is 9.06. The van der Waals surface area contributed by atoms with Gasteiger partial charge in [0.25, 0.3) is 0 Å². The first kappa shape index (κ1) is 8.80. The van der Waals surface area contributed by atoms with Crippen LogP contribution in [0.1, 0.15) is 0 Å². The van der Waals surface area contributed by atoms with Crippen molar-refractivity contribution in [3.8, 4) is 5.75 Å². The van der Waals surface area contributed by atoms with E-state index in [2.05, 4.69) is 54.5 Å². The predicted molar refractivity (Wildman–Crippen MR) is 56.2 cm³/mol. The molecule has 0 aliphatic rings. The van der Waals surface area contributed by atoms with Gasteiger partial charge in [-0.1, -0.05) is 0 Å². The van der Waals surface area contributed by atoms with Gasteiger partial charge in [0.15, 0.2) is 0 Å². The van der Waals surface area contributed by atoms with E-state index in [1.165, 1.54) is 0 Å². The molecule has 0 saturated heterocycles. The Hall–Kier alpha value is 0.710. The molecule has 1 rings (SSSR count). The Morgan fingerprint density at radius 1 is 1.20 bits per heavy atom. The van der Waals surface area contributed by atoms with Crippen molar-refractivity contribution in [2.24, 2.45) is 0 Å². The van der Waals surface area contributed by atoms with Gasteiger partial charge >= 0.3 is 0 Å². The molecule has 0 aliphatic carbocycles. The Bertz CT molecular complexity index is 239. The molecule has 0 saturated carbocycles. The van der Waals surface area contributed by atoms with Gasteiger partial charge in [-0.05, 0) is 66.6 Å². The van der Waals surface area contributed by atoms with Crippen molar-refractivity contribution in [2.75, 3.05) is 0 Å². The summed E-state index contributed by atoms with van der Waals surface area (Å²) in [6, 6.07) is 3.32. The minimum atomic E-state index is 0.263. The molecular weight excluding hydrogens is 375 g/mol. The molecule has 4 heteroatoms. The van der Waals surface area contributed by atoms with Crippen LogP contribution in [0, 0.1) is 3.57 Å². The van der Waals surface area contributed by atoms with Crippen molar-refractivity contribution in [3.05, 3.63) is 24.6 Å². The zero-order valence-electron chi connectivity index (χ0n) is 4.74. The zero-order valence-corrected chi connectivity index (χ0v) is 10.1. The molecule has 0 amide bonds. The fraction of sp³-hybridized carbons (Fsp3) is 0. The molecule has 0 atom stereocenters. The number of hydrogen-bond donors (Lipinski definition) is 1. The molecule has 0 radical (unpaired) electrons. The lowest BCUT2D eigenvalue weighted by atomic mass is 10.3. The largest absolute Gasteiger partial charge is 0.508 e. The molecule has 0 unspecified atom stereocenters. The van der Waals surface area contributed by atoms with Gasteiger partial charge in [0.1, 0.15) is 5.75 Å². The summed E-state index contributed by atoms with van der Waals surface area (Å²) in [5.41, 5.74) is 0. The molecule has 0 aromatic heterocycles. The van der Waals surface area contributed by atoms with Crippen molar-refractivity contribution < 1.29 is 5.11 Å². The summed E-state index contributed by atoms with van der Waals surface area (Å²) >= 11 is 8.78. The summed E-state index contributed by atoms with van der Waals surface area (Å²) in [6.45, 7) is 0. The number of rotatable bonds is 0. The molecule has 1 aromatic carbocycles. The Morgan fingerprint density at radius 2 is 1.60 bits per heavy atom. The molecule has 1 aromatic rings. The number of aromatic hydroxyl groups is 1. The first-order valence-electron chi connectivity index (χ1n) is 2.45. The van der Waals surface area contributed by atoms with E-state index in [4.69, 9.17) is 5.11 Å². The second-order valence-corrected chi connectivity index (χ2v) is 4.51. The zero-order chi connectivity index (χ0) is 7.72. The van der Waals surface area contributed by atoms with Crippen molar-refractivity contribution in [1.29, 1.82) is 0 Å². The van der Waals surface area contributed by atoms with Crippen LogP contribution in [0.3, 0.4) is 0 Å². The van der Waals surface area contributed by atoms with Gasteiger partial charge in [-0.2, -0.15) is 0 Å². The highest BCUT2D eigenvalue weighted by Gasteiger charge is 2.02. The number of phenolic OH excluding ortho intramolecular Hbond substituents is 1. The highest BCUT2D eigenvalue weighted by Crippen LogP contribution is 2.30. The standard InChI is InChI=1S/C6H3Br2IO/c7-4-1-3(10)2-5(8)6(4)9/h1-2,10H. The number of halogens is 3. The normalized spacial score (nSPS) is 9.90. The summed E-state index contributed by atoms with van der Waals surface area (Å²) in [5, 5.41) is 9.06. The van der Waals surface area contributed by atoms with Gasteiger partial charge in [0.05, 0.1) is 0 Å². The van der Waals surface area contributed by atoms with E-state index in [9.17, 15) is 0 Å². The average molecular weight is 378 g/mol. The van der Waals surface area contributed by atoms with Gasteiger partial charge in [0.2, 0.25) is 0 Å². The van der Waals surface area contributed by atoms with Crippen LogP contribution in [0.25, 0.3) is 0 Å². The quantitative estimate of drug-likeness (QED) is 0.542. The SMILES string of the molecule is Oc1cc(Br)c(I)c(Br)c1. The predicted octanol–water partition coefficient (Wildman–Crippen LogP) is 3.52. The summed E-state index contributed by atoms with van der Waals surface area (Å²) in [4.78, 5) is 0. The van der Waals surface area contributed by atoms with Crippen LogP contribution >= 0.6 is 54.5 Å². The molecule has 0 bridgehead atoms. The van der Waals surface area contributed by atoms with Crippen LogP contribution in [0.2, 0.25) is 0 Å². The Labute approximate surface area is 89.2 Å². The molecule has 54 valence electrons. The average Bonchev–Trinajstić information content (AvgIpc) is 1.82. The minimum Gasteiger partial charge on any atom is -0.508 e. The maximum Gasteiger partial charge on any atom is 0.117 e. The van der Waals surface area contributed by atoms with E-state index in [0.717, 1.165) is 12.5 Å². The molecule has 1 N–H and O–H groups in total. The Morgan fingerprint density at radius 3 is 2.00 bits per heavy atom. The molecular formula is C6H3Br2IO. The molecule has 0 heterocycles. The van der Waals surface area contributed by atoms with Crippen LogP contribution in [0.15, 0.2) is 21.1 Å². The fourth-order valence-electron chi connectivity index (χ4n) is 0.542. The smallest absolute Gasteiger partial charge is 0.117 e. The van der Waals surface area contributed by atoms with E-state index in [1.54, 1.807) is 12.1 Å². The van der Waals surface area contributed by atoms with Crippen LogP contribution in [-0.4, -0.2) is 5.11 Å². The van der Waals surface area contributed by atoms with Crippen molar-refractivity contribution in [3.63, 3.8) is 0 Å². The van der Waals surface area contributed by atoms with Gasteiger partial charge in [-0.3, -0.25) is 0 Å². The van der Waals surface area contributed by atoms with E-state index in [1.807, 2.05) is 0 Å². The summed E-state index contributed by atoms with van der Waals surface area (Å²) in [6.07, 6.45) is 0. The maximum atomic E-state index is 9.06. The number of phenols is 1. The third kappa shape index (κ3) is 1.85. The highest BCUT2D eigenvalue weighted by atomic mass is 127. The molecule has 0 aliphatic heterocycles. The van der Waals surface area contributed by atoms with E-state index < -0.39 is 0 Å². The second-order valence-electron chi connectivity index (χ2n) is 1.72. The van der Waals surface area contributed by atoms with Crippen molar-refractivity contribution in [2.45, 2.75) is 0 Å². The van der Waals surface area contributed by atoms with Gasteiger partial charge in [-0.25, -0.2) is 0 Å². The summed E-state index contributed by atoms with van der Waals surface area (Å²) in [7, 11) is 0. The van der Waals surface area contributed by atoms with Gasteiger partial charge in [-0.15, -0.1) is 0 Å². The Balaban J connectivity index is 3.31. The van der Waals surface area contributed by atoms with Crippen LogP contribution in [-0.2, 0) is 0 Å². The lowest BCUT2D eigenvalue weighted by Gasteiger charge is -1.99. The third-order valence-electron chi connectivity index (χ3n) is 0.969. The Kier molecular flexibility index (Phi) is 3.00. The van der Waals surface area contributed by atoms with Crippen LogP contribution in [0.4, 0.5) is 0 Å². The lowest BCUT2D eigenvalue weighted by molar-refractivity contribution is 0.474. The van der Waals surface area contributed by atoms with E-state index in [-0.39, 0.29) is 5.75 Å². The van der Waals surface area contributed by atoms with Crippen molar-refractivity contribution in [1.82, 2.24) is 0 Å². The van der Waals surface area contributed by atoms with Gasteiger partial charge in [0, 0.05) is 12.5 Å². The molecule has 1 nitrogen and oxygen atoms in total. The third-order valence-corrected chi connectivity index (χ3v) is 4.86. The monoisotopic (exact) mass is 376 g/mol. The van der Waals surface area contributed by atoms with Crippen LogP contribution < -0.4 is 0 Å². The summed E-state index contributed by atoms with van der Waals surface area (Å²) in [5.74, 6) is 0.263. The second kappa shape index (κ2) is 3.40.